The number of esters is 1. The van der Waals surface area contributed by atoms with Gasteiger partial charge in [0.1, 0.15) is 18.2 Å². The van der Waals surface area contributed by atoms with Crippen molar-refractivity contribution >= 4 is 29.1 Å². The molecule has 5 rings (SSSR count). The van der Waals surface area contributed by atoms with Crippen LogP contribution in [-0.2, 0) is 9.53 Å². The van der Waals surface area contributed by atoms with Crippen LogP contribution in [0.5, 0.6) is 5.75 Å². The minimum Gasteiger partial charge on any atom is -0.490 e. The Balaban J connectivity index is 1.73. The number of rotatable bonds is 8. The maximum atomic E-state index is 13.9. The molecule has 0 radical (unpaired) electrons. The second-order valence-electron chi connectivity index (χ2n) is 8.65. The van der Waals surface area contributed by atoms with Gasteiger partial charge in [-0.2, -0.15) is 0 Å². The molecule has 0 aliphatic carbocycles. The van der Waals surface area contributed by atoms with Gasteiger partial charge in [0.2, 0.25) is 0 Å². The van der Waals surface area contributed by atoms with Gasteiger partial charge in [0.15, 0.2) is 4.80 Å². The summed E-state index contributed by atoms with van der Waals surface area (Å²) in [7, 11) is 0. The van der Waals surface area contributed by atoms with Gasteiger partial charge in [-0.1, -0.05) is 78.6 Å². The van der Waals surface area contributed by atoms with Crippen LogP contribution in [-0.4, -0.2) is 23.8 Å². The van der Waals surface area contributed by atoms with E-state index in [1.807, 2.05) is 54.6 Å². The molecule has 196 valence electrons. The first-order chi connectivity index (χ1) is 19.0. The Bertz CT molecular complexity index is 1720. The third-order valence-corrected chi connectivity index (χ3v) is 7.09. The fourth-order valence-corrected chi connectivity index (χ4v) is 5.37. The molecule has 1 aliphatic rings. The highest BCUT2D eigenvalue weighted by Crippen LogP contribution is 2.35. The van der Waals surface area contributed by atoms with Crippen LogP contribution < -0.4 is 19.6 Å². The second kappa shape index (κ2) is 11.4. The molecule has 0 saturated carbocycles. The number of thiazole rings is 1. The van der Waals surface area contributed by atoms with E-state index >= 15 is 0 Å². The van der Waals surface area contributed by atoms with Crippen molar-refractivity contribution in [1.82, 2.24) is 4.57 Å². The summed E-state index contributed by atoms with van der Waals surface area (Å²) in [4.78, 5) is 32.5. The highest BCUT2D eigenvalue weighted by Gasteiger charge is 2.35. The van der Waals surface area contributed by atoms with Crippen molar-refractivity contribution in [3.63, 3.8) is 0 Å². The molecule has 6 nitrogen and oxygen atoms in total. The molecule has 8 heteroatoms. The number of carbonyl (C=O) groups is 1. The molecule has 3 aromatic carbocycles. The Morgan fingerprint density at radius 3 is 2.46 bits per heavy atom. The minimum absolute atomic E-state index is 0.150. The van der Waals surface area contributed by atoms with Gasteiger partial charge in [-0.3, -0.25) is 9.36 Å². The third kappa shape index (κ3) is 5.37. The van der Waals surface area contributed by atoms with Gasteiger partial charge in [0.25, 0.3) is 5.56 Å². The lowest BCUT2D eigenvalue weighted by molar-refractivity contribution is -0.138. The Morgan fingerprint density at radius 2 is 1.79 bits per heavy atom. The molecule has 4 aromatic rings. The van der Waals surface area contributed by atoms with Crippen LogP contribution in [0.4, 0.5) is 4.39 Å². The van der Waals surface area contributed by atoms with Crippen LogP contribution in [0.3, 0.4) is 0 Å². The van der Waals surface area contributed by atoms with E-state index in [-0.39, 0.29) is 17.7 Å². The van der Waals surface area contributed by atoms with Crippen molar-refractivity contribution in [2.45, 2.75) is 13.0 Å². The van der Waals surface area contributed by atoms with Crippen molar-refractivity contribution in [2.24, 2.45) is 4.99 Å². The molecule has 39 heavy (non-hydrogen) atoms. The maximum absolute atomic E-state index is 13.9. The molecular formula is C31H25FN2O4S. The van der Waals surface area contributed by atoms with Gasteiger partial charge in [0.05, 0.1) is 28.5 Å². The van der Waals surface area contributed by atoms with Gasteiger partial charge < -0.3 is 9.47 Å². The molecule has 2 heterocycles. The van der Waals surface area contributed by atoms with Crippen molar-refractivity contribution in [2.75, 3.05) is 13.2 Å². The number of nitrogens with zero attached hydrogens (tertiary/aromatic N) is 2. The normalized spacial score (nSPS) is 14.9. The number of halogens is 1. The molecule has 0 bridgehead atoms. The summed E-state index contributed by atoms with van der Waals surface area (Å²) in [5.41, 5.74) is 2.41. The summed E-state index contributed by atoms with van der Waals surface area (Å²) in [6.07, 6.45) is 3.44. The number of hydrogen-bond donors (Lipinski definition) is 0. The number of fused-ring (bicyclic) bond motifs is 1. The lowest BCUT2D eigenvalue weighted by Gasteiger charge is -2.25. The molecule has 1 aromatic heterocycles. The predicted octanol–water partition coefficient (Wildman–Crippen LogP) is 4.64. The fourth-order valence-electron chi connectivity index (χ4n) is 4.37. The van der Waals surface area contributed by atoms with E-state index in [9.17, 15) is 14.0 Å². The predicted molar refractivity (Wildman–Crippen MR) is 150 cm³/mol. The average molecular weight is 541 g/mol. The molecule has 0 saturated heterocycles. The summed E-state index contributed by atoms with van der Waals surface area (Å²) in [6, 6.07) is 21.5. The zero-order valence-electron chi connectivity index (χ0n) is 21.2. The fraction of sp³-hybridized carbons (Fsp3) is 0.129. The first-order valence-corrected chi connectivity index (χ1v) is 13.2. The van der Waals surface area contributed by atoms with E-state index in [0.29, 0.717) is 38.5 Å². The maximum Gasteiger partial charge on any atom is 0.338 e. The molecule has 1 atom stereocenters. The number of aromatic nitrogens is 1. The van der Waals surface area contributed by atoms with Gasteiger partial charge in [0, 0.05) is 5.56 Å². The molecule has 0 amide bonds. The minimum atomic E-state index is -0.854. The number of carbonyl (C=O) groups excluding carboxylic acids is 1. The van der Waals surface area contributed by atoms with E-state index in [4.69, 9.17) is 14.5 Å². The highest BCUT2D eigenvalue weighted by atomic mass is 32.1. The van der Waals surface area contributed by atoms with Gasteiger partial charge >= 0.3 is 5.97 Å². The number of ether oxygens (including phenoxy) is 2. The van der Waals surface area contributed by atoms with Crippen LogP contribution >= 0.6 is 11.3 Å². The lowest BCUT2D eigenvalue weighted by atomic mass is 9.93. The summed E-state index contributed by atoms with van der Waals surface area (Å²) >= 11 is 1.23. The Labute approximate surface area is 228 Å². The van der Waals surface area contributed by atoms with Crippen LogP contribution in [0.15, 0.2) is 107 Å². The molecule has 1 aliphatic heterocycles. The monoisotopic (exact) mass is 540 g/mol. The number of benzene rings is 3. The summed E-state index contributed by atoms with van der Waals surface area (Å²) in [5.74, 6) is -0.313. The van der Waals surface area contributed by atoms with E-state index in [1.165, 1.54) is 28.0 Å². The second-order valence-corrected chi connectivity index (χ2v) is 9.66. The highest BCUT2D eigenvalue weighted by molar-refractivity contribution is 7.07. The van der Waals surface area contributed by atoms with Gasteiger partial charge in [-0.25, -0.2) is 14.2 Å². The molecule has 0 N–H and O–H groups in total. The molecular weight excluding hydrogens is 515 g/mol. The zero-order chi connectivity index (χ0) is 27.4. The summed E-state index contributed by atoms with van der Waals surface area (Å²) < 4.78 is 26.8. The smallest absolute Gasteiger partial charge is 0.338 e. The van der Waals surface area contributed by atoms with E-state index < -0.39 is 17.8 Å². The van der Waals surface area contributed by atoms with E-state index in [1.54, 1.807) is 31.2 Å². The molecule has 0 unspecified atom stereocenters. The van der Waals surface area contributed by atoms with Crippen molar-refractivity contribution < 1.29 is 18.7 Å². The van der Waals surface area contributed by atoms with Crippen LogP contribution in [0.1, 0.15) is 29.7 Å². The largest absolute Gasteiger partial charge is 0.490 e. The van der Waals surface area contributed by atoms with Crippen LogP contribution in [0.2, 0.25) is 0 Å². The average Bonchev–Trinajstić information content (AvgIpc) is 3.27. The standard InChI is InChI=1S/C31H25FN2O4S/c1-3-18-38-24-16-10-20(11-17-24)19-25-29(35)34-28(22-12-14-23(32)15-13-22)26(30(36)37-4-2)27(33-31(34)39-25)21-8-6-5-7-9-21/h3,5-17,19,28H,1,4,18H2,2H3/b25-19-/t28-/m1/s1. The van der Waals surface area contributed by atoms with Gasteiger partial charge in [-0.05, 0) is 48.4 Å². The number of hydrogen-bond acceptors (Lipinski definition) is 6. The first-order valence-electron chi connectivity index (χ1n) is 12.4. The SMILES string of the molecule is C=CCOc1ccc(/C=c2\sc3n(c2=O)[C@H](c2ccc(F)cc2)C(C(=O)OCC)=C(c2ccccc2)N=3)cc1. The molecule has 0 fully saturated rings. The summed E-state index contributed by atoms with van der Waals surface area (Å²) in [5, 5.41) is 0. The quantitative estimate of drug-likeness (QED) is 0.241. The van der Waals surface area contributed by atoms with Crippen molar-refractivity contribution in [3.8, 4) is 5.75 Å². The van der Waals surface area contributed by atoms with Crippen LogP contribution in [0, 0.1) is 5.82 Å². The van der Waals surface area contributed by atoms with E-state index in [0.717, 1.165) is 5.56 Å². The Kier molecular flexibility index (Phi) is 7.65. The first kappa shape index (κ1) is 26.1. The van der Waals surface area contributed by atoms with E-state index in [2.05, 4.69) is 6.58 Å². The third-order valence-electron chi connectivity index (χ3n) is 6.11. The summed E-state index contributed by atoms with van der Waals surface area (Å²) in [6.45, 7) is 5.91. The van der Waals surface area contributed by atoms with Crippen molar-refractivity contribution in [3.05, 3.63) is 139 Å². The zero-order valence-corrected chi connectivity index (χ0v) is 22.0. The molecule has 0 spiro atoms. The topological polar surface area (TPSA) is 69.9 Å². The van der Waals surface area contributed by atoms with Crippen molar-refractivity contribution in [1.29, 1.82) is 0 Å². The van der Waals surface area contributed by atoms with Gasteiger partial charge in [-0.15, -0.1) is 0 Å². The van der Waals surface area contributed by atoms with Crippen LogP contribution in [0.25, 0.3) is 11.8 Å². The lowest BCUT2D eigenvalue weighted by Crippen LogP contribution is -2.40. The Hall–Kier alpha value is -4.56. The Morgan fingerprint density at radius 1 is 1.08 bits per heavy atom.